The molecule has 1 amide bonds. The largest absolute Gasteiger partial charge is 0.497 e. The quantitative estimate of drug-likeness (QED) is 0.620. The van der Waals surface area contributed by atoms with E-state index in [1.807, 2.05) is 24.3 Å². The molecule has 0 aliphatic carbocycles. The van der Waals surface area contributed by atoms with Gasteiger partial charge in [-0.1, -0.05) is 0 Å². The van der Waals surface area contributed by atoms with Gasteiger partial charge in [0, 0.05) is 49.7 Å². The minimum absolute atomic E-state index is 0.00246. The monoisotopic (exact) mass is 370 g/mol. The van der Waals surface area contributed by atoms with E-state index < -0.39 is 4.92 Å². The minimum Gasteiger partial charge on any atom is -0.497 e. The summed E-state index contributed by atoms with van der Waals surface area (Å²) >= 11 is 0. The molecule has 1 saturated heterocycles. The van der Waals surface area contributed by atoms with Gasteiger partial charge >= 0.3 is 0 Å². The summed E-state index contributed by atoms with van der Waals surface area (Å²) in [4.78, 5) is 26.8. The lowest BCUT2D eigenvalue weighted by molar-refractivity contribution is -0.384. The van der Waals surface area contributed by atoms with Gasteiger partial charge in [0.25, 0.3) is 5.69 Å². The molecular formula is C19H22N4O4. The van der Waals surface area contributed by atoms with E-state index in [0.29, 0.717) is 12.2 Å². The first-order chi connectivity index (χ1) is 13.0. The van der Waals surface area contributed by atoms with Crippen LogP contribution < -0.4 is 15.0 Å². The Kier molecular flexibility index (Phi) is 5.87. The smallest absolute Gasteiger partial charge is 0.269 e. The molecule has 1 aliphatic rings. The van der Waals surface area contributed by atoms with Gasteiger partial charge in [-0.05, 0) is 36.4 Å². The van der Waals surface area contributed by atoms with Gasteiger partial charge in [0.1, 0.15) is 5.75 Å². The Labute approximate surface area is 157 Å². The lowest BCUT2D eigenvalue weighted by Crippen LogP contribution is -2.48. The van der Waals surface area contributed by atoms with Gasteiger partial charge in [0.05, 0.1) is 18.6 Å². The molecule has 8 nitrogen and oxygen atoms in total. The van der Waals surface area contributed by atoms with E-state index in [4.69, 9.17) is 4.74 Å². The zero-order valence-electron chi connectivity index (χ0n) is 15.1. The summed E-state index contributed by atoms with van der Waals surface area (Å²) in [7, 11) is 1.65. The van der Waals surface area contributed by atoms with Crippen molar-refractivity contribution >= 4 is 23.0 Å². The number of carbonyl (C=O) groups excluding carboxylic acids is 1. The predicted octanol–water partition coefficient (Wildman–Crippen LogP) is 2.36. The number of anilines is 2. The Morgan fingerprint density at radius 3 is 2.26 bits per heavy atom. The maximum absolute atomic E-state index is 12.2. The highest BCUT2D eigenvalue weighted by molar-refractivity contribution is 5.92. The van der Waals surface area contributed by atoms with Gasteiger partial charge < -0.3 is 15.0 Å². The number of amides is 1. The molecule has 0 atom stereocenters. The lowest BCUT2D eigenvalue weighted by atomic mass is 10.2. The molecule has 0 radical (unpaired) electrons. The predicted molar refractivity (Wildman–Crippen MR) is 103 cm³/mol. The van der Waals surface area contributed by atoms with Crippen LogP contribution in [0.25, 0.3) is 0 Å². The molecule has 1 aliphatic heterocycles. The van der Waals surface area contributed by atoms with Crippen LogP contribution in [-0.2, 0) is 4.79 Å². The number of benzene rings is 2. The summed E-state index contributed by atoms with van der Waals surface area (Å²) < 4.78 is 5.18. The van der Waals surface area contributed by atoms with Crippen molar-refractivity contribution in [2.75, 3.05) is 50.1 Å². The van der Waals surface area contributed by atoms with E-state index in [1.165, 1.54) is 24.3 Å². The minimum atomic E-state index is -0.464. The Balaban J connectivity index is 1.46. The molecule has 1 N–H and O–H groups in total. The number of non-ortho nitro benzene ring substituents is 1. The first kappa shape index (κ1) is 18.7. The molecule has 0 saturated carbocycles. The Hall–Kier alpha value is -3.13. The third-order valence-electron chi connectivity index (χ3n) is 4.54. The number of ether oxygens (including phenoxy) is 1. The fourth-order valence-electron chi connectivity index (χ4n) is 3.03. The summed E-state index contributed by atoms with van der Waals surface area (Å²) in [5.74, 6) is 0.710. The highest BCUT2D eigenvalue weighted by atomic mass is 16.6. The molecule has 0 spiro atoms. The van der Waals surface area contributed by atoms with Crippen molar-refractivity contribution in [3.8, 4) is 5.75 Å². The van der Waals surface area contributed by atoms with Crippen LogP contribution in [0.3, 0.4) is 0 Å². The SMILES string of the molecule is COc1ccc(N2CCN(CC(=O)Nc3ccc([N+](=O)[O-])cc3)CC2)cc1. The van der Waals surface area contributed by atoms with E-state index in [0.717, 1.165) is 37.6 Å². The summed E-state index contributed by atoms with van der Waals surface area (Å²) in [6.07, 6.45) is 0. The number of nitro groups is 1. The molecule has 2 aromatic carbocycles. The van der Waals surface area contributed by atoms with Crippen molar-refractivity contribution in [2.24, 2.45) is 0 Å². The lowest BCUT2D eigenvalue weighted by Gasteiger charge is -2.35. The second-order valence-corrected chi connectivity index (χ2v) is 6.31. The van der Waals surface area contributed by atoms with Crippen molar-refractivity contribution in [2.45, 2.75) is 0 Å². The molecule has 0 aromatic heterocycles. The van der Waals surface area contributed by atoms with E-state index in [-0.39, 0.29) is 11.6 Å². The van der Waals surface area contributed by atoms with E-state index in [2.05, 4.69) is 15.1 Å². The molecule has 3 rings (SSSR count). The average molecular weight is 370 g/mol. The summed E-state index contributed by atoms with van der Waals surface area (Å²) in [5.41, 5.74) is 1.70. The van der Waals surface area contributed by atoms with Gasteiger partial charge in [-0.25, -0.2) is 0 Å². The molecule has 1 heterocycles. The molecule has 142 valence electrons. The molecule has 0 bridgehead atoms. The normalized spacial score (nSPS) is 14.6. The van der Waals surface area contributed by atoms with Crippen molar-refractivity contribution in [1.82, 2.24) is 4.90 Å². The molecular weight excluding hydrogens is 348 g/mol. The Morgan fingerprint density at radius 1 is 1.07 bits per heavy atom. The Morgan fingerprint density at radius 2 is 1.70 bits per heavy atom. The number of rotatable bonds is 6. The third kappa shape index (κ3) is 4.95. The van der Waals surface area contributed by atoms with Gasteiger partial charge in [0.2, 0.25) is 5.91 Å². The van der Waals surface area contributed by atoms with Gasteiger partial charge in [0.15, 0.2) is 0 Å². The van der Waals surface area contributed by atoms with Crippen molar-refractivity contribution < 1.29 is 14.5 Å². The Bertz CT molecular complexity index is 784. The van der Waals surface area contributed by atoms with Gasteiger partial charge in [-0.2, -0.15) is 0 Å². The van der Waals surface area contributed by atoms with Crippen molar-refractivity contribution in [3.63, 3.8) is 0 Å². The number of nitrogens with one attached hydrogen (secondary N) is 1. The van der Waals surface area contributed by atoms with Gasteiger partial charge in [-0.3, -0.25) is 19.8 Å². The number of hydrogen-bond acceptors (Lipinski definition) is 6. The van der Waals surface area contributed by atoms with E-state index >= 15 is 0 Å². The molecule has 27 heavy (non-hydrogen) atoms. The van der Waals surface area contributed by atoms with Crippen molar-refractivity contribution in [1.29, 1.82) is 0 Å². The second kappa shape index (κ2) is 8.50. The van der Waals surface area contributed by atoms with E-state index in [9.17, 15) is 14.9 Å². The highest BCUT2D eigenvalue weighted by Crippen LogP contribution is 2.20. The second-order valence-electron chi connectivity index (χ2n) is 6.31. The van der Waals surface area contributed by atoms with Crippen LogP contribution >= 0.6 is 0 Å². The molecule has 2 aromatic rings. The van der Waals surface area contributed by atoms with Crippen LogP contribution in [-0.4, -0.2) is 55.6 Å². The maximum atomic E-state index is 12.2. The van der Waals surface area contributed by atoms with Gasteiger partial charge in [-0.15, -0.1) is 0 Å². The van der Waals surface area contributed by atoms with Crippen LogP contribution in [0.15, 0.2) is 48.5 Å². The zero-order valence-corrected chi connectivity index (χ0v) is 15.1. The standard InChI is InChI=1S/C19H22N4O4/c1-27-18-8-6-16(7-9-18)22-12-10-21(11-13-22)14-19(24)20-15-2-4-17(5-3-15)23(25)26/h2-9H,10-14H2,1H3,(H,20,24). The number of hydrogen-bond donors (Lipinski definition) is 1. The summed E-state index contributed by atoms with van der Waals surface area (Å²) in [6, 6.07) is 13.8. The maximum Gasteiger partial charge on any atom is 0.269 e. The molecule has 0 unspecified atom stereocenters. The fraction of sp³-hybridized carbons (Fsp3) is 0.316. The summed E-state index contributed by atoms with van der Waals surface area (Å²) in [5, 5.41) is 13.4. The molecule has 1 fully saturated rings. The zero-order chi connectivity index (χ0) is 19.2. The van der Waals surface area contributed by atoms with Crippen LogP contribution in [0.2, 0.25) is 0 Å². The van der Waals surface area contributed by atoms with Crippen molar-refractivity contribution in [3.05, 3.63) is 58.6 Å². The topological polar surface area (TPSA) is 88.0 Å². The highest BCUT2D eigenvalue weighted by Gasteiger charge is 2.19. The summed E-state index contributed by atoms with van der Waals surface area (Å²) in [6.45, 7) is 3.57. The molecule has 8 heteroatoms. The average Bonchev–Trinajstić information content (AvgIpc) is 2.69. The number of carbonyl (C=O) groups is 1. The van der Waals surface area contributed by atoms with Crippen LogP contribution in [0.1, 0.15) is 0 Å². The number of nitro benzene ring substituents is 1. The van der Waals surface area contributed by atoms with E-state index in [1.54, 1.807) is 7.11 Å². The first-order valence-electron chi connectivity index (χ1n) is 8.71. The number of piperazine rings is 1. The fourth-order valence-corrected chi connectivity index (χ4v) is 3.03. The first-order valence-corrected chi connectivity index (χ1v) is 8.71. The van der Waals surface area contributed by atoms with Crippen LogP contribution in [0, 0.1) is 10.1 Å². The van der Waals surface area contributed by atoms with Crippen LogP contribution in [0.4, 0.5) is 17.1 Å². The third-order valence-corrected chi connectivity index (χ3v) is 4.54. The number of methoxy groups -OCH3 is 1. The number of nitrogens with zero attached hydrogens (tertiary/aromatic N) is 3. The van der Waals surface area contributed by atoms with Crippen LogP contribution in [0.5, 0.6) is 5.75 Å².